The summed E-state index contributed by atoms with van der Waals surface area (Å²) in [5, 5.41) is 10.4. The smallest absolute Gasteiger partial charge is 0.254 e. The van der Waals surface area contributed by atoms with Gasteiger partial charge in [-0.1, -0.05) is 49.1 Å². The van der Waals surface area contributed by atoms with Crippen molar-refractivity contribution in [3.8, 4) is 0 Å². The molecule has 180 valence electrons. The number of aryl methyl sites for hydroxylation is 1. The second-order valence-electron chi connectivity index (χ2n) is 10.1. The average molecular weight is 469 g/mol. The first-order valence-electron chi connectivity index (χ1n) is 12.9. The van der Waals surface area contributed by atoms with Crippen molar-refractivity contribution in [3.63, 3.8) is 0 Å². The number of hydrogen-bond donors (Lipinski definition) is 0. The molecule has 2 aliphatic rings. The fourth-order valence-electron chi connectivity index (χ4n) is 5.81. The van der Waals surface area contributed by atoms with Crippen LogP contribution in [0.4, 0.5) is 5.95 Å². The van der Waals surface area contributed by atoms with Crippen molar-refractivity contribution in [2.75, 3.05) is 24.5 Å². The number of aromatic nitrogens is 4. The molecule has 1 aliphatic carbocycles. The Morgan fingerprint density at radius 2 is 1.80 bits per heavy atom. The lowest BCUT2D eigenvalue weighted by Gasteiger charge is -2.40. The van der Waals surface area contributed by atoms with Crippen molar-refractivity contribution in [2.45, 2.75) is 57.9 Å². The van der Waals surface area contributed by atoms with E-state index in [1.54, 1.807) is 0 Å². The van der Waals surface area contributed by atoms with Crippen molar-refractivity contribution in [2.24, 2.45) is 0 Å². The van der Waals surface area contributed by atoms with E-state index in [1.807, 2.05) is 48.2 Å². The van der Waals surface area contributed by atoms with Crippen LogP contribution >= 0.6 is 0 Å². The number of hydrogen-bond acceptors (Lipinski definition) is 5. The Bertz CT molecular complexity index is 1390. The number of benzene rings is 2. The van der Waals surface area contributed by atoms with E-state index in [4.69, 9.17) is 10.1 Å². The summed E-state index contributed by atoms with van der Waals surface area (Å²) < 4.78 is 2.21. The topological polar surface area (TPSA) is 66.6 Å². The van der Waals surface area contributed by atoms with Crippen molar-refractivity contribution in [1.29, 1.82) is 0 Å². The van der Waals surface area contributed by atoms with E-state index in [2.05, 4.69) is 33.5 Å². The number of anilines is 1. The Hall–Kier alpha value is -3.48. The minimum atomic E-state index is 0.0645. The molecule has 0 spiro atoms. The third-order valence-electron chi connectivity index (χ3n) is 7.66. The van der Waals surface area contributed by atoms with Gasteiger partial charge in [-0.05, 0) is 51.0 Å². The van der Waals surface area contributed by atoms with Crippen LogP contribution in [0, 0.1) is 6.92 Å². The van der Waals surface area contributed by atoms with Gasteiger partial charge >= 0.3 is 0 Å². The Kier molecular flexibility index (Phi) is 5.63. The predicted octanol–water partition coefficient (Wildman–Crippen LogP) is 4.98. The fourth-order valence-corrected chi connectivity index (χ4v) is 5.81. The molecule has 7 heteroatoms. The van der Waals surface area contributed by atoms with Crippen molar-refractivity contribution in [3.05, 3.63) is 65.5 Å². The van der Waals surface area contributed by atoms with E-state index < -0.39 is 0 Å². The van der Waals surface area contributed by atoms with E-state index in [1.165, 1.54) is 19.3 Å². The van der Waals surface area contributed by atoms with Crippen LogP contribution in [0.5, 0.6) is 0 Å². The number of nitrogens with zero attached hydrogens (tertiary/aromatic N) is 6. The number of carbonyl (C=O) groups is 1. The lowest BCUT2D eigenvalue weighted by molar-refractivity contribution is 0.0673. The Balaban J connectivity index is 1.37. The van der Waals surface area contributed by atoms with Gasteiger partial charge in [0.05, 0.1) is 5.52 Å². The van der Waals surface area contributed by atoms with Crippen LogP contribution in [0.3, 0.4) is 0 Å². The molecule has 7 nitrogen and oxygen atoms in total. The van der Waals surface area contributed by atoms with Gasteiger partial charge in [0.2, 0.25) is 5.95 Å². The molecule has 6 rings (SSSR count). The van der Waals surface area contributed by atoms with E-state index >= 15 is 0 Å². The summed E-state index contributed by atoms with van der Waals surface area (Å²) in [4.78, 5) is 22.7. The molecular formula is C28H32N6O. The number of carbonyl (C=O) groups excluding carboxylic acids is 1. The van der Waals surface area contributed by atoms with Gasteiger partial charge in [0.1, 0.15) is 5.82 Å². The molecule has 1 saturated heterocycles. The van der Waals surface area contributed by atoms with Gasteiger partial charge in [-0.25, -0.2) is 9.38 Å². The van der Waals surface area contributed by atoms with Crippen molar-refractivity contribution >= 4 is 28.4 Å². The summed E-state index contributed by atoms with van der Waals surface area (Å²) in [6.45, 7) is 6.26. The molecule has 35 heavy (non-hydrogen) atoms. The molecule has 0 N–H and O–H groups in total. The molecule has 2 aromatic heterocycles. The highest BCUT2D eigenvalue weighted by atomic mass is 16.2. The normalized spacial score (nSPS) is 19.5. The largest absolute Gasteiger partial charge is 0.338 e. The van der Waals surface area contributed by atoms with Crippen LogP contribution < -0.4 is 4.90 Å². The molecule has 1 amide bonds. The highest BCUT2D eigenvalue weighted by molar-refractivity contribution is 5.95. The maximum absolute atomic E-state index is 13.3. The first kappa shape index (κ1) is 22.0. The van der Waals surface area contributed by atoms with E-state index in [0.29, 0.717) is 12.5 Å². The van der Waals surface area contributed by atoms with Crippen LogP contribution in [-0.2, 0) is 0 Å². The molecular weight excluding hydrogens is 436 g/mol. The zero-order valence-electron chi connectivity index (χ0n) is 20.5. The van der Waals surface area contributed by atoms with Gasteiger partial charge in [0, 0.05) is 42.5 Å². The molecule has 1 atom stereocenters. The molecule has 1 saturated carbocycles. The third kappa shape index (κ3) is 3.93. The zero-order valence-corrected chi connectivity index (χ0v) is 20.5. The van der Waals surface area contributed by atoms with Gasteiger partial charge in [-0.15, -0.1) is 10.2 Å². The second-order valence-corrected chi connectivity index (χ2v) is 10.1. The molecule has 2 fully saturated rings. The Morgan fingerprint density at radius 1 is 0.971 bits per heavy atom. The quantitative estimate of drug-likeness (QED) is 0.424. The average Bonchev–Trinajstić information content (AvgIpc) is 3.34. The lowest BCUT2D eigenvalue weighted by Crippen LogP contribution is -2.54. The molecule has 0 radical (unpaired) electrons. The maximum Gasteiger partial charge on any atom is 0.254 e. The lowest BCUT2D eigenvalue weighted by atomic mass is 9.89. The van der Waals surface area contributed by atoms with Crippen molar-refractivity contribution in [1.82, 2.24) is 24.5 Å². The number of rotatable bonds is 3. The maximum atomic E-state index is 13.3. The van der Waals surface area contributed by atoms with Crippen LogP contribution in [-0.4, -0.2) is 56.1 Å². The van der Waals surface area contributed by atoms with Crippen LogP contribution in [0.15, 0.2) is 48.5 Å². The van der Waals surface area contributed by atoms with E-state index in [-0.39, 0.29) is 11.9 Å². The number of para-hydroxylation sites is 1. The highest BCUT2D eigenvalue weighted by Gasteiger charge is 2.32. The fraction of sp³-hybridized carbons (Fsp3) is 0.429. The Morgan fingerprint density at radius 3 is 2.60 bits per heavy atom. The number of amides is 1. The predicted molar refractivity (Wildman–Crippen MR) is 138 cm³/mol. The summed E-state index contributed by atoms with van der Waals surface area (Å²) >= 11 is 0. The SMILES string of the molecule is Cc1cccc(C(=O)N2CCN(c3nc4ccccc4c4nnc(C5CCCCC5)n34)CC2C)c1. The van der Waals surface area contributed by atoms with Gasteiger partial charge < -0.3 is 9.80 Å². The van der Waals surface area contributed by atoms with Gasteiger partial charge in [-0.3, -0.25) is 4.79 Å². The number of piperazine rings is 1. The van der Waals surface area contributed by atoms with E-state index in [9.17, 15) is 4.79 Å². The third-order valence-corrected chi connectivity index (χ3v) is 7.66. The van der Waals surface area contributed by atoms with Crippen LogP contribution in [0.25, 0.3) is 16.6 Å². The van der Waals surface area contributed by atoms with Crippen LogP contribution in [0.1, 0.15) is 66.7 Å². The standard InChI is InChI=1S/C28H32N6O/c1-19-9-8-12-22(17-19)27(35)33-16-15-32(18-20(33)2)28-29-24-14-7-6-13-23(24)26-31-30-25(34(26)28)21-10-4-3-5-11-21/h6-9,12-14,17,20-21H,3-5,10-11,15-16,18H2,1-2H3. The summed E-state index contributed by atoms with van der Waals surface area (Å²) in [5.41, 5.74) is 3.68. The highest BCUT2D eigenvalue weighted by Crippen LogP contribution is 2.35. The first-order valence-corrected chi connectivity index (χ1v) is 12.9. The minimum absolute atomic E-state index is 0.0645. The second kappa shape index (κ2) is 8.95. The zero-order chi connectivity index (χ0) is 23.9. The monoisotopic (exact) mass is 468 g/mol. The molecule has 2 aromatic carbocycles. The van der Waals surface area contributed by atoms with Gasteiger partial charge in [0.25, 0.3) is 5.91 Å². The summed E-state index contributed by atoms with van der Waals surface area (Å²) in [6.07, 6.45) is 6.10. The van der Waals surface area contributed by atoms with Crippen LogP contribution in [0.2, 0.25) is 0 Å². The summed E-state index contributed by atoms with van der Waals surface area (Å²) in [5.74, 6) is 2.46. The molecule has 0 bridgehead atoms. The molecule has 1 unspecified atom stereocenters. The van der Waals surface area contributed by atoms with Crippen molar-refractivity contribution < 1.29 is 4.79 Å². The molecule has 1 aliphatic heterocycles. The minimum Gasteiger partial charge on any atom is -0.338 e. The van der Waals surface area contributed by atoms with E-state index in [0.717, 1.165) is 65.4 Å². The number of fused-ring (bicyclic) bond motifs is 3. The first-order chi connectivity index (χ1) is 17.1. The van der Waals surface area contributed by atoms with Gasteiger partial charge in [-0.2, -0.15) is 0 Å². The summed E-state index contributed by atoms with van der Waals surface area (Å²) in [6, 6.07) is 16.1. The molecule has 3 heterocycles. The molecule has 4 aromatic rings. The Labute approximate surface area is 205 Å². The van der Waals surface area contributed by atoms with Gasteiger partial charge in [0.15, 0.2) is 5.65 Å². The summed E-state index contributed by atoms with van der Waals surface area (Å²) in [7, 11) is 0.